The third kappa shape index (κ3) is 7.44. The Morgan fingerprint density at radius 1 is 1.30 bits per heavy atom. The molecule has 2 fully saturated rings. The van der Waals surface area contributed by atoms with Crippen LogP contribution in [0.5, 0.6) is 0 Å². The molecule has 4 N–H and O–H groups in total. The molecule has 0 radical (unpaired) electrons. The van der Waals surface area contributed by atoms with E-state index in [4.69, 9.17) is 14.7 Å². The number of nitrogens with one attached hydrogen (secondary N) is 2. The largest absolute Gasteiger partial charge is 0.490 e. The van der Waals surface area contributed by atoms with Crippen LogP contribution in [-0.4, -0.2) is 129 Å². The van der Waals surface area contributed by atoms with Gasteiger partial charge in [-0.2, -0.15) is 34.9 Å². The Bertz CT molecular complexity index is 1280. The Labute approximate surface area is 251 Å². The number of aliphatic hydroxyl groups excluding tert-OH is 2. The van der Waals surface area contributed by atoms with Gasteiger partial charge in [-0.25, -0.2) is 9.78 Å². The van der Waals surface area contributed by atoms with Crippen molar-refractivity contribution in [1.82, 2.24) is 29.7 Å². The van der Waals surface area contributed by atoms with Gasteiger partial charge in [0.15, 0.2) is 23.1 Å². The van der Waals surface area contributed by atoms with Gasteiger partial charge in [-0.1, -0.05) is 6.92 Å². The van der Waals surface area contributed by atoms with Gasteiger partial charge in [0.2, 0.25) is 11.9 Å². The Balaban J connectivity index is 1.78. The zero-order chi connectivity index (χ0) is 31.5. The SMILES string of the molecule is CCC(=O)N[C@H]1C[C@@H](n2cnc3c(N[C@H](CO)CCSC)nc(N4CC[C@@H](N(C)C)C4)nc32)[C@H](OC(=O)C(F)(F)F)[C@@H]1O. The number of aliphatic hydroxyl groups is 2. The minimum atomic E-state index is -5.28. The molecule has 1 aliphatic carbocycles. The van der Waals surface area contributed by atoms with Crippen LogP contribution in [0.25, 0.3) is 11.2 Å². The van der Waals surface area contributed by atoms with Crippen molar-refractivity contribution < 1.29 is 37.7 Å². The van der Waals surface area contributed by atoms with Gasteiger partial charge in [-0.05, 0) is 45.4 Å². The van der Waals surface area contributed by atoms with E-state index in [-0.39, 0.29) is 37.2 Å². The number of carbonyl (C=O) groups is 2. The van der Waals surface area contributed by atoms with Crippen LogP contribution < -0.4 is 15.5 Å². The van der Waals surface area contributed by atoms with Gasteiger partial charge in [0, 0.05) is 25.6 Å². The number of alkyl halides is 3. The van der Waals surface area contributed by atoms with E-state index in [1.807, 2.05) is 25.3 Å². The summed E-state index contributed by atoms with van der Waals surface area (Å²) < 4.78 is 45.9. The number of aromatic nitrogens is 4. The lowest BCUT2D eigenvalue weighted by atomic mass is 10.2. The zero-order valence-electron chi connectivity index (χ0n) is 24.5. The number of anilines is 2. The summed E-state index contributed by atoms with van der Waals surface area (Å²) in [5.41, 5.74) is 0.543. The number of likely N-dealkylation sites (N-methyl/N-ethyl adjacent to an activating group) is 1. The van der Waals surface area contributed by atoms with Gasteiger partial charge in [0.1, 0.15) is 6.10 Å². The van der Waals surface area contributed by atoms with E-state index in [0.717, 1.165) is 12.2 Å². The summed E-state index contributed by atoms with van der Waals surface area (Å²) in [7, 11) is 3.97. The topological polar surface area (TPSA) is 158 Å². The fraction of sp³-hybridized carbons (Fsp3) is 0.731. The standard InChI is InChI=1S/C26H39F3N8O5S/c1-5-18(39)32-16-10-17(21(20(16)40)42-24(41)26(27,28)29)37-13-30-19-22(31-14(12-38)7-9-43-4)33-25(34-23(19)37)36-8-6-15(11-36)35(2)3/h13-17,20-21,38,40H,5-12H2,1-4H3,(H,32,39)(H,31,33,34)/t14-,15+,16-,17+,20+,21-/m0/s1. The van der Waals surface area contributed by atoms with Crippen molar-refractivity contribution in [1.29, 1.82) is 0 Å². The number of imidazole rings is 1. The van der Waals surface area contributed by atoms with Crippen LogP contribution >= 0.6 is 11.8 Å². The molecule has 1 saturated heterocycles. The van der Waals surface area contributed by atoms with Crippen LogP contribution in [0.1, 0.15) is 38.6 Å². The third-order valence-electron chi connectivity index (χ3n) is 7.94. The number of thioether (sulfide) groups is 1. The van der Waals surface area contributed by atoms with Gasteiger partial charge in [0.25, 0.3) is 0 Å². The lowest BCUT2D eigenvalue weighted by Crippen LogP contribution is -2.45. The van der Waals surface area contributed by atoms with Crippen LogP contribution in [0.15, 0.2) is 6.33 Å². The molecule has 0 bridgehead atoms. The molecule has 43 heavy (non-hydrogen) atoms. The predicted molar refractivity (Wildman–Crippen MR) is 155 cm³/mol. The lowest BCUT2D eigenvalue weighted by molar-refractivity contribution is -0.209. The molecule has 2 aliphatic rings. The minimum Gasteiger partial charge on any atom is -0.451 e. The molecule has 1 saturated carbocycles. The molecule has 4 rings (SSSR count). The number of ether oxygens (including phenoxy) is 1. The molecular weight excluding hydrogens is 593 g/mol. The number of hydrogen-bond donors (Lipinski definition) is 4. The van der Waals surface area contributed by atoms with Crippen molar-refractivity contribution in [3.05, 3.63) is 6.33 Å². The number of fused-ring (bicyclic) bond motifs is 1. The van der Waals surface area contributed by atoms with Crippen LogP contribution in [0.2, 0.25) is 0 Å². The molecule has 6 atom stereocenters. The highest BCUT2D eigenvalue weighted by Crippen LogP contribution is 2.38. The molecule has 1 amide bonds. The number of amides is 1. The first-order valence-electron chi connectivity index (χ1n) is 14.1. The summed E-state index contributed by atoms with van der Waals surface area (Å²) in [5, 5.41) is 26.8. The summed E-state index contributed by atoms with van der Waals surface area (Å²) in [6.45, 7) is 2.74. The van der Waals surface area contributed by atoms with Gasteiger partial charge >= 0.3 is 12.1 Å². The minimum absolute atomic E-state index is 0.0460. The summed E-state index contributed by atoms with van der Waals surface area (Å²) in [6, 6.07) is -2.11. The van der Waals surface area contributed by atoms with Gasteiger partial charge in [-0.3, -0.25) is 4.79 Å². The van der Waals surface area contributed by atoms with E-state index in [0.29, 0.717) is 36.8 Å². The van der Waals surface area contributed by atoms with Crippen LogP contribution in [0.3, 0.4) is 0 Å². The first-order valence-corrected chi connectivity index (χ1v) is 15.5. The molecule has 0 unspecified atom stereocenters. The highest BCUT2D eigenvalue weighted by molar-refractivity contribution is 7.98. The highest BCUT2D eigenvalue weighted by Gasteiger charge is 2.51. The van der Waals surface area contributed by atoms with E-state index in [1.165, 1.54) is 10.9 Å². The average molecular weight is 633 g/mol. The molecule has 13 nitrogen and oxygen atoms in total. The first-order chi connectivity index (χ1) is 20.4. The maximum atomic E-state index is 13.2. The van der Waals surface area contributed by atoms with Crippen molar-refractivity contribution in [3.63, 3.8) is 0 Å². The summed E-state index contributed by atoms with van der Waals surface area (Å²) in [5.74, 6) is -1.38. The molecule has 0 aromatic carbocycles. The second kappa shape index (κ2) is 13.8. The second-order valence-corrected chi connectivity index (χ2v) is 12.0. The maximum absolute atomic E-state index is 13.2. The Morgan fingerprint density at radius 2 is 2.05 bits per heavy atom. The van der Waals surface area contributed by atoms with E-state index < -0.39 is 42.3 Å². The van der Waals surface area contributed by atoms with E-state index in [2.05, 4.69) is 20.5 Å². The summed E-state index contributed by atoms with van der Waals surface area (Å²) in [4.78, 5) is 42.1. The molecule has 2 aromatic heterocycles. The molecule has 0 spiro atoms. The maximum Gasteiger partial charge on any atom is 0.490 e. The molecule has 17 heteroatoms. The smallest absolute Gasteiger partial charge is 0.451 e. The molecule has 3 heterocycles. The quantitative estimate of drug-likeness (QED) is 0.248. The van der Waals surface area contributed by atoms with Crippen molar-refractivity contribution >= 4 is 46.6 Å². The summed E-state index contributed by atoms with van der Waals surface area (Å²) >= 11 is 1.63. The fourth-order valence-corrected chi connectivity index (χ4v) is 5.97. The Kier molecular flexibility index (Phi) is 10.6. The van der Waals surface area contributed by atoms with E-state index >= 15 is 0 Å². The molecule has 1 aliphatic heterocycles. The van der Waals surface area contributed by atoms with E-state index in [1.54, 1.807) is 18.7 Å². The predicted octanol–water partition coefficient (Wildman–Crippen LogP) is 1.17. The average Bonchev–Trinajstić information content (AvgIpc) is 3.69. The Hall–Kier alpha value is -2.89. The zero-order valence-corrected chi connectivity index (χ0v) is 25.4. The van der Waals surface area contributed by atoms with Crippen LogP contribution in [0, 0.1) is 0 Å². The second-order valence-electron chi connectivity index (χ2n) is 11.0. The third-order valence-corrected chi connectivity index (χ3v) is 8.58. The van der Waals surface area contributed by atoms with E-state index in [9.17, 15) is 33.0 Å². The number of nitrogens with zero attached hydrogens (tertiary/aromatic N) is 6. The Morgan fingerprint density at radius 3 is 2.65 bits per heavy atom. The van der Waals surface area contributed by atoms with Gasteiger partial charge < -0.3 is 40.0 Å². The fourth-order valence-electron chi connectivity index (χ4n) is 5.45. The van der Waals surface area contributed by atoms with Crippen molar-refractivity contribution in [2.45, 2.75) is 75.2 Å². The van der Waals surface area contributed by atoms with Crippen LogP contribution in [-0.2, 0) is 14.3 Å². The van der Waals surface area contributed by atoms with Gasteiger partial charge in [-0.15, -0.1) is 0 Å². The number of hydrogen-bond acceptors (Lipinski definition) is 12. The van der Waals surface area contributed by atoms with Crippen LogP contribution in [0.4, 0.5) is 24.9 Å². The highest BCUT2D eigenvalue weighted by atomic mass is 32.2. The number of halogens is 3. The van der Waals surface area contributed by atoms with Crippen molar-refractivity contribution in [2.75, 3.05) is 56.0 Å². The molecule has 240 valence electrons. The van der Waals surface area contributed by atoms with Crippen molar-refractivity contribution in [2.24, 2.45) is 0 Å². The number of esters is 1. The van der Waals surface area contributed by atoms with Gasteiger partial charge in [0.05, 0.1) is 31.1 Å². The number of rotatable bonds is 12. The van der Waals surface area contributed by atoms with Crippen molar-refractivity contribution in [3.8, 4) is 0 Å². The molecular formula is C26H39F3N8O5S. The first kappa shape index (κ1) is 33.0. The number of carbonyl (C=O) groups excluding carboxylic acids is 2. The normalized spacial score (nSPS) is 25.0. The monoisotopic (exact) mass is 632 g/mol. The molecule has 2 aromatic rings. The lowest BCUT2D eigenvalue weighted by Gasteiger charge is -2.25. The summed E-state index contributed by atoms with van der Waals surface area (Å²) in [6.07, 6.45) is -3.70.